The number of halogens is 1. The van der Waals surface area contributed by atoms with Gasteiger partial charge in [-0.3, -0.25) is 9.59 Å². The van der Waals surface area contributed by atoms with Crippen molar-refractivity contribution in [3.8, 4) is 5.75 Å². The van der Waals surface area contributed by atoms with Crippen LogP contribution in [0.3, 0.4) is 0 Å². The van der Waals surface area contributed by atoms with Crippen LogP contribution >= 0.6 is 11.3 Å². The molecule has 0 spiro atoms. The van der Waals surface area contributed by atoms with Crippen molar-refractivity contribution in [2.24, 2.45) is 5.10 Å². The number of rotatable bonds is 7. The van der Waals surface area contributed by atoms with Gasteiger partial charge in [0, 0.05) is 4.88 Å². The Morgan fingerprint density at radius 1 is 1.08 bits per heavy atom. The smallest absolute Gasteiger partial charge is 0.341 e. The Labute approximate surface area is 211 Å². The minimum absolute atomic E-state index is 0.261. The highest BCUT2D eigenvalue weighted by Gasteiger charge is 2.28. The number of nitrogens with one attached hydrogen (secondary N) is 2. The van der Waals surface area contributed by atoms with Crippen LogP contribution in [0.25, 0.3) is 0 Å². The van der Waals surface area contributed by atoms with Crippen molar-refractivity contribution in [3.63, 3.8) is 0 Å². The number of anilines is 1. The van der Waals surface area contributed by atoms with Gasteiger partial charge in [-0.1, -0.05) is 24.3 Å². The highest BCUT2D eigenvalue weighted by Crippen LogP contribution is 2.38. The summed E-state index contributed by atoms with van der Waals surface area (Å²) < 4.78 is 23.6. The molecule has 3 aromatic rings. The summed E-state index contributed by atoms with van der Waals surface area (Å²) in [5.41, 5.74) is 4.84. The molecule has 1 aliphatic rings. The predicted octanol–water partition coefficient (Wildman–Crippen LogP) is 4.22. The van der Waals surface area contributed by atoms with Crippen molar-refractivity contribution in [2.45, 2.75) is 32.3 Å². The number of hydrazone groups is 1. The maximum atomic E-state index is 13.0. The number of methoxy groups -OCH3 is 1. The van der Waals surface area contributed by atoms with Gasteiger partial charge in [0.25, 0.3) is 0 Å². The Balaban J connectivity index is 1.34. The number of aryl methyl sites for hydroxylation is 1. The molecule has 1 heterocycles. The maximum Gasteiger partial charge on any atom is 0.341 e. The molecule has 0 bridgehead atoms. The van der Waals surface area contributed by atoms with Gasteiger partial charge in [0.15, 0.2) is 0 Å². The number of benzene rings is 2. The van der Waals surface area contributed by atoms with Crippen LogP contribution in [0.5, 0.6) is 5.75 Å². The molecular weight excluding hydrogens is 485 g/mol. The molecule has 0 unspecified atom stereocenters. The van der Waals surface area contributed by atoms with Crippen LogP contribution in [0.1, 0.15) is 44.8 Å². The van der Waals surface area contributed by atoms with Gasteiger partial charge in [-0.05, 0) is 66.6 Å². The topological polar surface area (TPSA) is 106 Å². The van der Waals surface area contributed by atoms with Gasteiger partial charge < -0.3 is 14.8 Å². The van der Waals surface area contributed by atoms with Gasteiger partial charge >= 0.3 is 17.8 Å². The van der Waals surface area contributed by atoms with Gasteiger partial charge in [0.1, 0.15) is 23.2 Å². The lowest BCUT2D eigenvalue weighted by molar-refractivity contribution is -0.136. The van der Waals surface area contributed by atoms with E-state index in [1.807, 2.05) is 0 Å². The molecule has 186 valence electrons. The average Bonchev–Trinajstić information content (AvgIpc) is 3.26. The molecule has 10 heteroatoms. The first-order chi connectivity index (χ1) is 17.4. The number of amides is 2. The number of hydrogen-bond donors (Lipinski definition) is 2. The Bertz CT molecular complexity index is 1300. The van der Waals surface area contributed by atoms with E-state index in [9.17, 15) is 18.8 Å². The largest absolute Gasteiger partial charge is 0.489 e. The first kappa shape index (κ1) is 25.1. The van der Waals surface area contributed by atoms with Crippen LogP contribution < -0.4 is 15.5 Å². The quantitative estimate of drug-likeness (QED) is 0.215. The molecule has 8 nitrogen and oxygen atoms in total. The Hall–Kier alpha value is -4.05. The molecule has 2 aromatic carbocycles. The van der Waals surface area contributed by atoms with Gasteiger partial charge in [-0.25, -0.2) is 14.6 Å². The second kappa shape index (κ2) is 11.6. The van der Waals surface area contributed by atoms with Crippen molar-refractivity contribution >= 4 is 40.3 Å². The standard InChI is InChI=1S/C26H24FN3O5S/c1-34-26(33)22-20-7-2-3-8-21(20)36-25(22)29-23(31)24(32)30-28-14-17-5-4-6-19(13-17)35-15-16-9-11-18(27)12-10-16/h4-6,9-14H,2-3,7-8,15H2,1H3,(H,29,31)(H,30,32)/b28-14+. The molecule has 1 aromatic heterocycles. The lowest BCUT2D eigenvalue weighted by atomic mass is 9.95. The number of nitrogens with zero attached hydrogens (tertiary/aromatic N) is 1. The van der Waals surface area contributed by atoms with Crippen molar-refractivity contribution in [2.75, 3.05) is 12.4 Å². The van der Waals surface area contributed by atoms with Gasteiger partial charge in [-0.2, -0.15) is 5.10 Å². The van der Waals surface area contributed by atoms with Crippen LogP contribution in [0.4, 0.5) is 9.39 Å². The predicted molar refractivity (Wildman–Crippen MR) is 134 cm³/mol. The van der Waals surface area contributed by atoms with E-state index in [4.69, 9.17) is 9.47 Å². The first-order valence-corrected chi connectivity index (χ1v) is 12.1. The van der Waals surface area contributed by atoms with Gasteiger partial charge in [-0.15, -0.1) is 11.3 Å². The van der Waals surface area contributed by atoms with Gasteiger partial charge in [0.05, 0.1) is 18.9 Å². The lowest BCUT2D eigenvalue weighted by Gasteiger charge is -2.11. The van der Waals surface area contributed by atoms with Crippen molar-refractivity contribution in [3.05, 3.63) is 81.5 Å². The molecular formula is C26H24FN3O5S. The highest BCUT2D eigenvalue weighted by atomic mass is 32.1. The first-order valence-electron chi connectivity index (χ1n) is 11.3. The Morgan fingerprint density at radius 2 is 1.86 bits per heavy atom. The summed E-state index contributed by atoms with van der Waals surface area (Å²) in [7, 11) is 1.28. The molecule has 0 radical (unpaired) electrons. The minimum atomic E-state index is -0.975. The Morgan fingerprint density at radius 3 is 2.64 bits per heavy atom. The number of thiophene rings is 1. The van der Waals surface area contributed by atoms with Crippen LogP contribution in [-0.2, 0) is 33.8 Å². The summed E-state index contributed by atoms with van der Waals surface area (Å²) in [4.78, 5) is 38.0. The Kier molecular flexibility index (Phi) is 8.06. The summed E-state index contributed by atoms with van der Waals surface area (Å²) in [6.07, 6.45) is 4.89. The lowest BCUT2D eigenvalue weighted by Crippen LogP contribution is -2.32. The van der Waals surface area contributed by atoms with Crippen molar-refractivity contribution in [1.82, 2.24) is 5.43 Å². The normalized spacial score (nSPS) is 12.6. The summed E-state index contributed by atoms with van der Waals surface area (Å²) in [6, 6.07) is 13.0. The molecule has 4 rings (SSSR count). The van der Waals surface area contributed by atoms with Crippen LogP contribution in [0.15, 0.2) is 53.6 Å². The van der Waals surface area contributed by atoms with E-state index in [-0.39, 0.29) is 12.4 Å². The number of ether oxygens (including phenoxy) is 2. The van der Waals surface area contributed by atoms with E-state index < -0.39 is 17.8 Å². The molecule has 0 saturated heterocycles. The molecule has 0 fully saturated rings. The zero-order valence-electron chi connectivity index (χ0n) is 19.5. The van der Waals surface area contributed by atoms with Crippen molar-refractivity contribution in [1.29, 1.82) is 0 Å². The molecule has 0 atom stereocenters. The van der Waals surface area contributed by atoms with Gasteiger partial charge in [0.2, 0.25) is 0 Å². The van der Waals surface area contributed by atoms with E-state index in [0.29, 0.717) is 21.9 Å². The fourth-order valence-corrected chi connectivity index (χ4v) is 5.05. The van der Waals surface area contributed by atoms with Crippen LogP contribution in [0, 0.1) is 5.82 Å². The number of carbonyl (C=O) groups excluding carboxylic acids is 3. The molecule has 36 heavy (non-hydrogen) atoms. The summed E-state index contributed by atoms with van der Waals surface area (Å²) in [5, 5.41) is 6.68. The third-order valence-corrected chi connectivity index (χ3v) is 6.76. The number of esters is 1. The highest BCUT2D eigenvalue weighted by molar-refractivity contribution is 7.17. The number of hydrogen-bond acceptors (Lipinski definition) is 7. The van der Waals surface area contributed by atoms with E-state index in [1.165, 1.54) is 36.8 Å². The third kappa shape index (κ3) is 6.14. The zero-order valence-corrected chi connectivity index (χ0v) is 20.3. The van der Waals surface area contributed by atoms with Crippen LogP contribution in [0.2, 0.25) is 0 Å². The third-order valence-electron chi connectivity index (χ3n) is 5.55. The summed E-state index contributed by atoms with van der Waals surface area (Å²) >= 11 is 1.29. The van der Waals surface area contributed by atoms with E-state index in [2.05, 4.69) is 15.8 Å². The van der Waals surface area contributed by atoms with E-state index in [1.54, 1.807) is 36.4 Å². The molecule has 2 amide bonds. The monoisotopic (exact) mass is 509 g/mol. The second-order valence-electron chi connectivity index (χ2n) is 8.05. The number of fused-ring (bicyclic) bond motifs is 1. The van der Waals surface area contributed by atoms with Crippen molar-refractivity contribution < 1.29 is 28.2 Å². The molecule has 2 N–H and O–H groups in total. The van der Waals surface area contributed by atoms with E-state index in [0.717, 1.165) is 41.7 Å². The second-order valence-corrected chi connectivity index (χ2v) is 9.15. The zero-order chi connectivity index (χ0) is 25.5. The minimum Gasteiger partial charge on any atom is -0.489 e. The molecule has 0 aliphatic heterocycles. The number of carbonyl (C=O) groups is 3. The molecule has 1 aliphatic carbocycles. The summed E-state index contributed by atoms with van der Waals surface area (Å²) in [6.45, 7) is 0.261. The van der Waals surface area contributed by atoms with Crippen LogP contribution in [-0.4, -0.2) is 31.1 Å². The molecule has 0 saturated carbocycles. The average molecular weight is 510 g/mol. The maximum absolute atomic E-state index is 13.0. The summed E-state index contributed by atoms with van der Waals surface area (Å²) in [5.74, 6) is -2.20. The van der Waals surface area contributed by atoms with E-state index >= 15 is 0 Å². The SMILES string of the molecule is COC(=O)c1c(NC(=O)C(=O)N/N=C/c2cccc(OCc3ccc(F)cc3)c2)sc2c1CCCC2. The fourth-order valence-electron chi connectivity index (χ4n) is 3.78. The fraction of sp³-hybridized carbons (Fsp3) is 0.231.